The first-order valence-corrected chi connectivity index (χ1v) is 5.45. The number of benzene rings is 1. The fourth-order valence-electron chi connectivity index (χ4n) is 2.19. The molecule has 1 aliphatic rings. The predicted octanol–water partition coefficient (Wildman–Crippen LogP) is 3.94. The minimum absolute atomic E-state index is 0.524. The molecule has 14 heavy (non-hydrogen) atoms. The fourth-order valence-corrected chi connectivity index (χ4v) is 2.38. The van der Waals surface area contributed by atoms with E-state index in [9.17, 15) is 0 Å². The zero-order valence-corrected chi connectivity index (χ0v) is 9.43. The predicted molar refractivity (Wildman–Crippen MR) is 61.9 cm³/mol. The van der Waals surface area contributed by atoms with Crippen LogP contribution >= 0.6 is 11.6 Å². The van der Waals surface area contributed by atoms with E-state index in [-0.39, 0.29) is 0 Å². The summed E-state index contributed by atoms with van der Waals surface area (Å²) in [5.41, 5.74) is 1.66. The van der Waals surface area contributed by atoms with E-state index >= 15 is 0 Å². The Hall–Kier alpha value is -0.690. The first kappa shape index (κ1) is 9.85. The quantitative estimate of drug-likeness (QED) is 0.778. The van der Waals surface area contributed by atoms with Gasteiger partial charge >= 0.3 is 0 Å². The van der Waals surface area contributed by atoms with E-state index in [0.29, 0.717) is 11.5 Å². The average molecular weight is 210 g/mol. The largest absolute Gasteiger partial charge is 0.382 e. The first-order valence-electron chi connectivity index (χ1n) is 5.07. The van der Waals surface area contributed by atoms with E-state index in [0.717, 1.165) is 10.7 Å². The van der Waals surface area contributed by atoms with Gasteiger partial charge in [0.15, 0.2) is 0 Å². The molecule has 1 aromatic carbocycles. The maximum atomic E-state index is 5.91. The third-order valence-corrected chi connectivity index (χ3v) is 3.03. The highest BCUT2D eigenvalue weighted by atomic mass is 35.5. The lowest BCUT2D eigenvalue weighted by Gasteiger charge is -2.43. The van der Waals surface area contributed by atoms with Gasteiger partial charge in [0.2, 0.25) is 0 Å². The van der Waals surface area contributed by atoms with Crippen molar-refractivity contribution in [1.29, 1.82) is 0 Å². The zero-order valence-electron chi connectivity index (χ0n) is 8.68. The summed E-state index contributed by atoms with van der Waals surface area (Å²) >= 11 is 5.91. The van der Waals surface area contributed by atoms with Crippen LogP contribution in [0.5, 0.6) is 0 Å². The Kier molecular flexibility index (Phi) is 2.44. The van der Waals surface area contributed by atoms with Gasteiger partial charge in [0.05, 0.1) is 0 Å². The molecule has 2 rings (SSSR count). The number of rotatable bonds is 2. The van der Waals surface area contributed by atoms with Gasteiger partial charge in [-0.2, -0.15) is 0 Å². The normalized spacial score (nSPS) is 20.2. The molecule has 0 saturated heterocycles. The molecule has 76 valence electrons. The molecular weight excluding hydrogens is 194 g/mol. The van der Waals surface area contributed by atoms with Crippen molar-refractivity contribution in [3.8, 4) is 0 Å². The second kappa shape index (κ2) is 3.47. The molecule has 1 saturated carbocycles. The molecule has 0 radical (unpaired) electrons. The Bertz CT molecular complexity index is 325. The van der Waals surface area contributed by atoms with Crippen LogP contribution in [0.2, 0.25) is 5.02 Å². The topological polar surface area (TPSA) is 12.0 Å². The molecule has 0 amide bonds. The Labute approximate surface area is 90.5 Å². The Morgan fingerprint density at radius 2 is 2.07 bits per heavy atom. The van der Waals surface area contributed by atoms with Gasteiger partial charge in [-0.25, -0.2) is 0 Å². The minimum Gasteiger partial charge on any atom is -0.382 e. The van der Waals surface area contributed by atoms with E-state index in [2.05, 4.69) is 25.2 Å². The highest BCUT2D eigenvalue weighted by Gasteiger charge is 2.35. The molecule has 1 fully saturated rings. The molecule has 1 aliphatic carbocycles. The second-order valence-corrected chi connectivity index (χ2v) is 5.36. The molecule has 0 atom stereocenters. The van der Waals surface area contributed by atoms with E-state index in [1.807, 2.05) is 18.2 Å². The summed E-state index contributed by atoms with van der Waals surface area (Å²) in [6.45, 7) is 4.62. The molecule has 1 aromatic rings. The highest BCUT2D eigenvalue weighted by Crippen LogP contribution is 2.41. The third kappa shape index (κ3) is 2.21. The smallest absolute Gasteiger partial charge is 0.0426 e. The molecule has 0 unspecified atom stereocenters. The molecule has 0 bridgehead atoms. The average Bonchev–Trinajstić information content (AvgIpc) is 2.00. The summed E-state index contributed by atoms with van der Waals surface area (Å²) in [4.78, 5) is 0. The van der Waals surface area contributed by atoms with Crippen molar-refractivity contribution in [2.75, 3.05) is 5.32 Å². The summed E-state index contributed by atoms with van der Waals surface area (Å²) in [6.07, 6.45) is 2.50. The van der Waals surface area contributed by atoms with Crippen LogP contribution in [0, 0.1) is 5.41 Å². The van der Waals surface area contributed by atoms with Crippen molar-refractivity contribution in [3.63, 3.8) is 0 Å². The van der Waals surface area contributed by atoms with E-state index in [4.69, 9.17) is 11.6 Å². The Balaban J connectivity index is 1.93. The number of nitrogens with one attached hydrogen (secondary N) is 1. The highest BCUT2D eigenvalue weighted by molar-refractivity contribution is 6.30. The standard InChI is InChI=1S/C12H16ClN/c1-12(2)7-11(8-12)14-10-5-3-4-9(13)6-10/h3-6,11,14H,7-8H2,1-2H3. The van der Waals surface area contributed by atoms with Gasteiger partial charge in [0, 0.05) is 16.8 Å². The molecule has 0 aliphatic heterocycles. The van der Waals surface area contributed by atoms with E-state index < -0.39 is 0 Å². The monoisotopic (exact) mass is 209 g/mol. The van der Waals surface area contributed by atoms with Gasteiger partial charge in [-0.15, -0.1) is 0 Å². The van der Waals surface area contributed by atoms with Gasteiger partial charge in [0.1, 0.15) is 0 Å². The Morgan fingerprint density at radius 1 is 1.36 bits per heavy atom. The van der Waals surface area contributed by atoms with Crippen LogP contribution in [0.1, 0.15) is 26.7 Å². The Morgan fingerprint density at radius 3 is 2.64 bits per heavy atom. The van der Waals surface area contributed by atoms with Crippen molar-refractivity contribution in [3.05, 3.63) is 29.3 Å². The van der Waals surface area contributed by atoms with Crippen LogP contribution in [-0.4, -0.2) is 6.04 Å². The van der Waals surface area contributed by atoms with Crippen molar-refractivity contribution < 1.29 is 0 Å². The van der Waals surface area contributed by atoms with Crippen LogP contribution in [0.4, 0.5) is 5.69 Å². The molecule has 0 aromatic heterocycles. The number of hydrogen-bond acceptors (Lipinski definition) is 1. The van der Waals surface area contributed by atoms with Crippen LogP contribution in [-0.2, 0) is 0 Å². The van der Waals surface area contributed by atoms with Gasteiger partial charge in [-0.1, -0.05) is 31.5 Å². The zero-order chi connectivity index (χ0) is 10.2. The molecule has 2 heteroatoms. The summed E-state index contributed by atoms with van der Waals surface area (Å²) in [5.74, 6) is 0. The maximum Gasteiger partial charge on any atom is 0.0426 e. The first-order chi connectivity index (χ1) is 6.55. The van der Waals surface area contributed by atoms with Gasteiger partial charge < -0.3 is 5.32 Å². The summed E-state index contributed by atoms with van der Waals surface area (Å²) in [6, 6.07) is 8.55. The summed E-state index contributed by atoms with van der Waals surface area (Å²) in [7, 11) is 0. The number of hydrogen-bond donors (Lipinski definition) is 1. The van der Waals surface area contributed by atoms with Crippen molar-refractivity contribution in [2.45, 2.75) is 32.7 Å². The maximum absolute atomic E-state index is 5.91. The third-order valence-electron chi connectivity index (χ3n) is 2.79. The SMILES string of the molecule is CC1(C)CC(Nc2cccc(Cl)c2)C1. The van der Waals surface area contributed by atoms with Gasteiger partial charge in [-0.05, 0) is 36.5 Å². The lowest BCUT2D eigenvalue weighted by atomic mass is 9.68. The molecule has 0 spiro atoms. The van der Waals surface area contributed by atoms with Crippen molar-refractivity contribution in [2.24, 2.45) is 5.41 Å². The van der Waals surface area contributed by atoms with Crippen LogP contribution in [0.25, 0.3) is 0 Å². The van der Waals surface area contributed by atoms with Crippen molar-refractivity contribution >= 4 is 17.3 Å². The van der Waals surface area contributed by atoms with Gasteiger partial charge in [-0.3, -0.25) is 0 Å². The molecular formula is C12H16ClN. The minimum atomic E-state index is 0.524. The van der Waals surface area contributed by atoms with Crippen molar-refractivity contribution in [1.82, 2.24) is 0 Å². The number of anilines is 1. The summed E-state index contributed by atoms with van der Waals surface area (Å²) < 4.78 is 0. The lowest BCUT2D eigenvalue weighted by molar-refractivity contribution is 0.167. The fraction of sp³-hybridized carbons (Fsp3) is 0.500. The second-order valence-electron chi connectivity index (χ2n) is 4.92. The van der Waals surface area contributed by atoms with E-state index in [1.54, 1.807) is 0 Å². The molecule has 1 nitrogen and oxygen atoms in total. The lowest BCUT2D eigenvalue weighted by Crippen LogP contribution is -2.41. The molecule has 0 heterocycles. The van der Waals surface area contributed by atoms with Crippen LogP contribution in [0.3, 0.4) is 0 Å². The molecule has 1 N–H and O–H groups in total. The van der Waals surface area contributed by atoms with Gasteiger partial charge in [0.25, 0.3) is 0 Å². The van der Waals surface area contributed by atoms with Crippen LogP contribution in [0.15, 0.2) is 24.3 Å². The number of halogens is 1. The van der Waals surface area contributed by atoms with E-state index in [1.165, 1.54) is 12.8 Å². The summed E-state index contributed by atoms with van der Waals surface area (Å²) in [5, 5.41) is 4.29. The van der Waals surface area contributed by atoms with Crippen LogP contribution < -0.4 is 5.32 Å².